The van der Waals surface area contributed by atoms with Gasteiger partial charge in [-0.05, 0) is 12.1 Å². The highest BCUT2D eigenvalue weighted by Crippen LogP contribution is 2.14. The highest BCUT2D eigenvalue weighted by Gasteiger charge is 2.14. The molecule has 6 heteroatoms. The Labute approximate surface area is 106 Å². The third-order valence-corrected chi connectivity index (χ3v) is 2.84. The van der Waals surface area contributed by atoms with Crippen LogP contribution in [0.25, 0.3) is 0 Å². The molecule has 0 spiro atoms. The predicted molar refractivity (Wildman–Crippen MR) is 64.7 cm³/mol. The normalized spacial score (nSPS) is 10.2. The zero-order valence-corrected chi connectivity index (χ0v) is 9.94. The molecule has 4 nitrogen and oxygen atoms in total. The van der Waals surface area contributed by atoms with E-state index in [1.807, 2.05) is 0 Å². The zero-order valence-electron chi connectivity index (χ0n) is 8.43. The van der Waals surface area contributed by atoms with Crippen molar-refractivity contribution in [2.45, 2.75) is 0 Å². The predicted octanol–water partition coefficient (Wildman–Crippen LogP) is 2.24. The van der Waals surface area contributed by atoms with Crippen LogP contribution in [-0.2, 0) is 0 Å². The van der Waals surface area contributed by atoms with Gasteiger partial charge in [0.25, 0.3) is 11.5 Å². The summed E-state index contributed by atoms with van der Waals surface area (Å²) in [6, 6.07) is 8.31. The van der Waals surface area contributed by atoms with Gasteiger partial charge in [-0.2, -0.15) is 9.78 Å². The molecule has 0 aliphatic carbocycles. The molecule has 0 bridgehead atoms. The first-order chi connectivity index (χ1) is 8.11. The topological polar surface area (TPSA) is 52.0 Å². The fraction of sp³-hybridized carbons (Fsp3) is 0. The van der Waals surface area contributed by atoms with Crippen LogP contribution in [0.5, 0.6) is 0 Å². The van der Waals surface area contributed by atoms with Crippen molar-refractivity contribution in [1.82, 2.24) is 9.78 Å². The second-order valence-electron chi connectivity index (χ2n) is 3.19. The number of halogens is 2. The van der Waals surface area contributed by atoms with E-state index < -0.39 is 11.5 Å². The summed E-state index contributed by atoms with van der Waals surface area (Å²) in [6.07, 6.45) is 1.16. The van der Waals surface area contributed by atoms with E-state index in [-0.39, 0.29) is 10.0 Å². The van der Waals surface area contributed by atoms with E-state index >= 15 is 0 Å². The fourth-order valence-electron chi connectivity index (χ4n) is 1.26. The number of hydrogen-bond acceptors (Lipinski definition) is 3. The minimum absolute atomic E-state index is 0.0220. The number of rotatable bonds is 1. The molecule has 0 N–H and O–H groups in total. The van der Waals surface area contributed by atoms with E-state index in [4.69, 9.17) is 23.2 Å². The second-order valence-corrected chi connectivity index (χ2v) is 3.98. The molecular weight excluding hydrogens is 263 g/mol. The van der Waals surface area contributed by atoms with Crippen molar-refractivity contribution in [2.24, 2.45) is 0 Å². The second kappa shape index (κ2) is 4.69. The summed E-state index contributed by atoms with van der Waals surface area (Å²) in [7, 11) is 0. The Morgan fingerprint density at radius 2 is 1.82 bits per heavy atom. The number of carbonyl (C=O) groups excluding carboxylic acids is 1. The molecule has 2 aromatic rings. The van der Waals surface area contributed by atoms with Crippen LogP contribution in [0.15, 0.2) is 41.3 Å². The van der Waals surface area contributed by atoms with Gasteiger partial charge in [0.15, 0.2) is 0 Å². The summed E-state index contributed by atoms with van der Waals surface area (Å²) in [5, 5.41) is 3.46. The van der Waals surface area contributed by atoms with E-state index in [1.165, 1.54) is 0 Å². The van der Waals surface area contributed by atoms with Crippen molar-refractivity contribution < 1.29 is 4.79 Å². The molecule has 17 heavy (non-hydrogen) atoms. The summed E-state index contributed by atoms with van der Waals surface area (Å²) in [5.74, 6) is -0.547. The van der Waals surface area contributed by atoms with Gasteiger partial charge in [0.05, 0.1) is 11.2 Å². The molecule has 1 aromatic carbocycles. The maximum atomic E-state index is 11.9. The molecule has 0 aliphatic rings. The van der Waals surface area contributed by atoms with Crippen molar-refractivity contribution in [2.75, 3.05) is 0 Å². The van der Waals surface area contributed by atoms with Gasteiger partial charge in [0, 0.05) is 5.56 Å². The molecular formula is C11H6Cl2N2O2. The molecule has 0 unspecified atom stereocenters. The van der Waals surface area contributed by atoms with Crippen LogP contribution >= 0.6 is 23.2 Å². The quantitative estimate of drug-likeness (QED) is 0.797. The minimum atomic E-state index is -0.729. The summed E-state index contributed by atoms with van der Waals surface area (Å²) >= 11 is 11.3. The van der Waals surface area contributed by atoms with E-state index in [0.717, 1.165) is 6.20 Å². The van der Waals surface area contributed by atoms with E-state index in [1.54, 1.807) is 30.3 Å². The first-order valence-electron chi connectivity index (χ1n) is 4.64. The van der Waals surface area contributed by atoms with Crippen LogP contribution in [0.4, 0.5) is 0 Å². The molecule has 86 valence electrons. The molecule has 0 radical (unpaired) electrons. The lowest BCUT2D eigenvalue weighted by Crippen LogP contribution is -2.29. The molecule has 0 atom stereocenters. The summed E-state index contributed by atoms with van der Waals surface area (Å²) in [5.41, 5.74) is -0.381. The third-order valence-electron chi connectivity index (χ3n) is 2.09. The van der Waals surface area contributed by atoms with Crippen LogP contribution in [-0.4, -0.2) is 15.7 Å². The van der Waals surface area contributed by atoms with Gasteiger partial charge in [0.1, 0.15) is 5.02 Å². The Bertz CT molecular complexity index is 623. The molecule has 0 saturated carbocycles. The Morgan fingerprint density at radius 3 is 2.47 bits per heavy atom. The van der Waals surface area contributed by atoms with E-state index in [0.29, 0.717) is 10.2 Å². The summed E-state index contributed by atoms with van der Waals surface area (Å²) in [6.45, 7) is 0. The molecule has 2 rings (SSSR count). The van der Waals surface area contributed by atoms with Crippen molar-refractivity contribution >= 4 is 29.1 Å². The van der Waals surface area contributed by atoms with Gasteiger partial charge in [0.2, 0.25) is 0 Å². The lowest BCUT2D eigenvalue weighted by molar-refractivity contribution is 0.0939. The van der Waals surface area contributed by atoms with Crippen LogP contribution < -0.4 is 5.56 Å². The van der Waals surface area contributed by atoms with E-state index in [2.05, 4.69) is 5.10 Å². The van der Waals surface area contributed by atoms with Crippen molar-refractivity contribution in [3.05, 3.63) is 62.5 Å². The Kier molecular flexibility index (Phi) is 3.26. The largest absolute Gasteiger partial charge is 0.294 e. The van der Waals surface area contributed by atoms with Gasteiger partial charge in [-0.3, -0.25) is 9.59 Å². The zero-order chi connectivity index (χ0) is 12.4. The Balaban J connectivity index is 2.53. The summed E-state index contributed by atoms with van der Waals surface area (Å²) < 4.78 is 0.684. The van der Waals surface area contributed by atoms with Crippen molar-refractivity contribution in [3.8, 4) is 0 Å². The summed E-state index contributed by atoms with van der Waals surface area (Å²) in [4.78, 5) is 23.6. The van der Waals surface area contributed by atoms with Crippen molar-refractivity contribution in [1.29, 1.82) is 0 Å². The lowest BCUT2D eigenvalue weighted by atomic mass is 10.2. The average molecular weight is 269 g/mol. The average Bonchev–Trinajstić information content (AvgIpc) is 2.36. The Morgan fingerprint density at radius 1 is 1.18 bits per heavy atom. The maximum Gasteiger partial charge on any atom is 0.294 e. The lowest BCUT2D eigenvalue weighted by Gasteiger charge is -2.03. The van der Waals surface area contributed by atoms with Crippen LogP contribution in [0, 0.1) is 0 Å². The van der Waals surface area contributed by atoms with Gasteiger partial charge in [-0.25, -0.2) is 0 Å². The minimum Gasteiger partial charge on any atom is -0.267 e. The first-order valence-corrected chi connectivity index (χ1v) is 5.40. The fourth-order valence-corrected chi connectivity index (χ4v) is 1.51. The first kappa shape index (κ1) is 11.8. The van der Waals surface area contributed by atoms with Crippen LogP contribution in [0.2, 0.25) is 10.0 Å². The van der Waals surface area contributed by atoms with Gasteiger partial charge in [-0.15, -0.1) is 0 Å². The van der Waals surface area contributed by atoms with E-state index in [9.17, 15) is 9.59 Å². The maximum absolute atomic E-state index is 11.9. The number of aromatic nitrogens is 2. The smallest absolute Gasteiger partial charge is 0.267 e. The van der Waals surface area contributed by atoms with Gasteiger partial charge in [-0.1, -0.05) is 41.4 Å². The number of benzene rings is 1. The van der Waals surface area contributed by atoms with Crippen molar-refractivity contribution in [3.63, 3.8) is 0 Å². The SMILES string of the molecule is O=C(c1ccccc1)n1ncc(Cl)c(Cl)c1=O. The van der Waals surface area contributed by atoms with Gasteiger partial charge < -0.3 is 0 Å². The monoisotopic (exact) mass is 268 g/mol. The standard InChI is InChI=1S/C11H6Cl2N2O2/c12-8-6-14-15(11(17)9(8)13)10(16)7-4-2-1-3-5-7/h1-6H. The van der Waals surface area contributed by atoms with Gasteiger partial charge >= 0.3 is 0 Å². The molecule has 1 heterocycles. The number of carbonyl (C=O) groups is 1. The van der Waals surface area contributed by atoms with Crippen LogP contribution in [0.1, 0.15) is 10.4 Å². The highest BCUT2D eigenvalue weighted by molar-refractivity contribution is 6.41. The van der Waals surface area contributed by atoms with Crippen LogP contribution in [0.3, 0.4) is 0 Å². The number of hydrogen-bond donors (Lipinski definition) is 0. The third kappa shape index (κ3) is 2.23. The number of nitrogens with zero attached hydrogens (tertiary/aromatic N) is 2. The molecule has 0 amide bonds. The highest BCUT2D eigenvalue weighted by atomic mass is 35.5. The molecule has 1 aromatic heterocycles. The molecule has 0 aliphatic heterocycles. The Hall–Kier alpha value is -1.65. The molecule has 0 saturated heterocycles. The molecule has 0 fully saturated rings.